The second-order valence-corrected chi connectivity index (χ2v) is 5.74. The topological polar surface area (TPSA) is 15.3 Å². The number of hydrogen-bond acceptors (Lipinski definition) is 2. The summed E-state index contributed by atoms with van der Waals surface area (Å²) < 4.78 is 0. The Labute approximate surface area is 94.4 Å². The Morgan fingerprint density at radius 1 is 1.20 bits per heavy atom. The first-order valence-electron chi connectivity index (χ1n) is 6.67. The summed E-state index contributed by atoms with van der Waals surface area (Å²) in [6.07, 6.45) is 5.51. The molecule has 1 aliphatic carbocycles. The molecule has 2 aliphatic rings. The van der Waals surface area contributed by atoms with Crippen LogP contribution in [0.1, 0.15) is 46.5 Å². The zero-order chi connectivity index (χ0) is 10.8. The van der Waals surface area contributed by atoms with Crippen LogP contribution in [0.2, 0.25) is 0 Å². The first-order valence-corrected chi connectivity index (χ1v) is 6.67. The highest BCUT2D eigenvalue weighted by molar-refractivity contribution is 4.92. The second-order valence-electron chi connectivity index (χ2n) is 5.74. The lowest BCUT2D eigenvalue weighted by atomic mass is 10.1. The number of likely N-dealkylation sites (tertiary alicyclic amines) is 1. The molecule has 0 radical (unpaired) electrons. The summed E-state index contributed by atoms with van der Waals surface area (Å²) in [5, 5.41) is 3.82. The Balaban J connectivity index is 1.74. The summed E-state index contributed by atoms with van der Waals surface area (Å²) in [5.74, 6) is 0.939. The molecule has 3 atom stereocenters. The molecule has 2 heteroatoms. The van der Waals surface area contributed by atoms with E-state index in [4.69, 9.17) is 0 Å². The molecule has 0 aromatic carbocycles. The lowest BCUT2D eigenvalue weighted by Gasteiger charge is -2.24. The predicted molar refractivity (Wildman–Crippen MR) is 65.1 cm³/mol. The number of hydrogen-bond donors (Lipinski definition) is 1. The van der Waals surface area contributed by atoms with Crippen LogP contribution in [-0.2, 0) is 0 Å². The van der Waals surface area contributed by atoms with Gasteiger partial charge < -0.3 is 10.2 Å². The zero-order valence-electron chi connectivity index (χ0n) is 10.5. The van der Waals surface area contributed by atoms with Crippen LogP contribution in [0.5, 0.6) is 0 Å². The smallest absolute Gasteiger partial charge is 0.00989 e. The van der Waals surface area contributed by atoms with Crippen molar-refractivity contribution >= 4 is 0 Å². The van der Waals surface area contributed by atoms with Gasteiger partial charge in [-0.15, -0.1) is 0 Å². The van der Waals surface area contributed by atoms with E-state index in [1.54, 1.807) is 0 Å². The van der Waals surface area contributed by atoms with Gasteiger partial charge in [0.05, 0.1) is 0 Å². The van der Waals surface area contributed by atoms with Crippen LogP contribution >= 0.6 is 0 Å². The lowest BCUT2D eigenvalue weighted by molar-refractivity contribution is 0.229. The molecule has 0 aromatic heterocycles. The van der Waals surface area contributed by atoms with Crippen molar-refractivity contribution < 1.29 is 0 Å². The van der Waals surface area contributed by atoms with Crippen molar-refractivity contribution in [1.82, 2.24) is 10.2 Å². The maximum atomic E-state index is 3.82. The molecular weight excluding hydrogens is 184 g/mol. The van der Waals surface area contributed by atoms with E-state index in [1.807, 2.05) is 0 Å². The molecule has 0 amide bonds. The fraction of sp³-hybridized carbons (Fsp3) is 1.00. The van der Waals surface area contributed by atoms with Crippen LogP contribution in [0, 0.1) is 5.92 Å². The van der Waals surface area contributed by atoms with Gasteiger partial charge in [0, 0.05) is 18.1 Å². The molecular formula is C13H26N2. The normalized spacial score (nSPS) is 38.0. The summed E-state index contributed by atoms with van der Waals surface area (Å²) in [7, 11) is 0. The van der Waals surface area contributed by atoms with E-state index in [0.29, 0.717) is 0 Å². The predicted octanol–water partition coefficient (Wildman–Crippen LogP) is 2.25. The Kier molecular flexibility index (Phi) is 3.68. The molecule has 0 aromatic rings. The van der Waals surface area contributed by atoms with Gasteiger partial charge in [-0.2, -0.15) is 0 Å². The van der Waals surface area contributed by atoms with Crippen LogP contribution in [-0.4, -0.2) is 36.1 Å². The summed E-state index contributed by atoms with van der Waals surface area (Å²) in [6.45, 7) is 9.58. The molecule has 2 nitrogen and oxygen atoms in total. The summed E-state index contributed by atoms with van der Waals surface area (Å²) in [5.41, 5.74) is 0. The van der Waals surface area contributed by atoms with Crippen LogP contribution in [0.3, 0.4) is 0 Å². The molecule has 0 spiro atoms. The first-order chi connectivity index (χ1) is 7.16. The molecule has 1 saturated carbocycles. The minimum atomic E-state index is 0.726. The Hall–Kier alpha value is -0.0800. The van der Waals surface area contributed by atoms with Gasteiger partial charge in [0.1, 0.15) is 0 Å². The fourth-order valence-corrected chi connectivity index (χ4v) is 2.66. The molecule has 2 fully saturated rings. The molecule has 2 rings (SSSR count). The average Bonchev–Trinajstić information content (AvgIpc) is 2.90. The van der Waals surface area contributed by atoms with Crippen LogP contribution < -0.4 is 5.32 Å². The Morgan fingerprint density at radius 2 is 1.93 bits per heavy atom. The molecule has 88 valence electrons. The molecule has 3 unspecified atom stereocenters. The van der Waals surface area contributed by atoms with Crippen molar-refractivity contribution in [1.29, 1.82) is 0 Å². The third-order valence-electron chi connectivity index (χ3n) is 4.05. The summed E-state index contributed by atoms with van der Waals surface area (Å²) >= 11 is 0. The fourth-order valence-electron chi connectivity index (χ4n) is 2.66. The zero-order valence-corrected chi connectivity index (χ0v) is 10.5. The Bertz CT molecular complexity index is 203. The number of nitrogens with zero attached hydrogens (tertiary/aromatic N) is 1. The largest absolute Gasteiger partial charge is 0.311 e. The van der Waals surface area contributed by atoms with E-state index in [1.165, 1.54) is 38.8 Å². The van der Waals surface area contributed by atoms with Gasteiger partial charge in [-0.1, -0.05) is 6.92 Å². The van der Waals surface area contributed by atoms with E-state index in [9.17, 15) is 0 Å². The van der Waals surface area contributed by atoms with Gasteiger partial charge in [-0.05, 0) is 58.5 Å². The lowest BCUT2D eigenvalue weighted by Crippen LogP contribution is -2.35. The monoisotopic (exact) mass is 210 g/mol. The highest BCUT2D eigenvalue weighted by atomic mass is 15.2. The quantitative estimate of drug-likeness (QED) is 0.768. The average molecular weight is 210 g/mol. The number of rotatable bonds is 3. The molecule has 1 aliphatic heterocycles. The van der Waals surface area contributed by atoms with E-state index in [0.717, 1.165) is 24.0 Å². The maximum Gasteiger partial charge on any atom is 0.00989 e. The Morgan fingerprint density at radius 3 is 2.53 bits per heavy atom. The van der Waals surface area contributed by atoms with Crippen molar-refractivity contribution in [3.63, 3.8) is 0 Å². The van der Waals surface area contributed by atoms with Gasteiger partial charge in [0.25, 0.3) is 0 Å². The van der Waals surface area contributed by atoms with Crippen molar-refractivity contribution in [2.75, 3.05) is 13.1 Å². The van der Waals surface area contributed by atoms with Crippen molar-refractivity contribution in [3.8, 4) is 0 Å². The SMILES string of the molecule is CC1CC1NC1CCCN(C(C)C)CC1. The first kappa shape index (κ1) is 11.4. The van der Waals surface area contributed by atoms with Gasteiger partial charge in [-0.3, -0.25) is 0 Å². The highest BCUT2D eigenvalue weighted by Gasteiger charge is 2.34. The van der Waals surface area contributed by atoms with Crippen LogP contribution in [0.15, 0.2) is 0 Å². The molecule has 1 N–H and O–H groups in total. The minimum Gasteiger partial charge on any atom is -0.311 e. The van der Waals surface area contributed by atoms with Crippen LogP contribution in [0.25, 0.3) is 0 Å². The molecule has 15 heavy (non-hydrogen) atoms. The minimum absolute atomic E-state index is 0.726. The number of nitrogens with one attached hydrogen (secondary N) is 1. The molecule has 1 saturated heterocycles. The summed E-state index contributed by atoms with van der Waals surface area (Å²) in [4.78, 5) is 2.62. The van der Waals surface area contributed by atoms with Crippen LogP contribution in [0.4, 0.5) is 0 Å². The van der Waals surface area contributed by atoms with Crippen molar-refractivity contribution in [2.45, 2.75) is 64.6 Å². The second kappa shape index (κ2) is 4.84. The third kappa shape index (κ3) is 3.18. The van der Waals surface area contributed by atoms with E-state index < -0.39 is 0 Å². The standard InChI is InChI=1S/C13H26N2/c1-10(2)15-7-4-5-12(6-8-15)14-13-9-11(13)3/h10-14H,4-9H2,1-3H3. The van der Waals surface area contributed by atoms with Gasteiger partial charge in [-0.25, -0.2) is 0 Å². The van der Waals surface area contributed by atoms with Crippen molar-refractivity contribution in [2.24, 2.45) is 5.92 Å². The van der Waals surface area contributed by atoms with E-state index in [2.05, 4.69) is 31.0 Å². The van der Waals surface area contributed by atoms with Crippen molar-refractivity contribution in [3.05, 3.63) is 0 Å². The molecule has 1 heterocycles. The third-order valence-corrected chi connectivity index (χ3v) is 4.05. The van der Waals surface area contributed by atoms with Gasteiger partial charge in [0.15, 0.2) is 0 Å². The maximum absolute atomic E-state index is 3.82. The van der Waals surface area contributed by atoms with Gasteiger partial charge >= 0.3 is 0 Å². The highest BCUT2D eigenvalue weighted by Crippen LogP contribution is 2.30. The van der Waals surface area contributed by atoms with Gasteiger partial charge in [0.2, 0.25) is 0 Å². The van der Waals surface area contributed by atoms with E-state index >= 15 is 0 Å². The summed E-state index contributed by atoms with van der Waals surface area (Å²) in [6, 6.07) is 2.37. The molecule has 0 bridgehead atoms. The van der Waals surface area contributed by atoms with E-state index in [-0.39, 0.29) is 0 Å².